The van der Waals surface area contributed by atoms with Crippen LogP contribution >= 0.6 is 22.7 Å². The fourth-order valence-electron chi connectivity index (χ4n) is 3.72. The highest BCUT2D eigenvalue weighted by atomic mass is 32.1. The lowest BCUT2D eigenvalue weighted by Gasteiger charge is -2.24. The number of rotatable bonds is 8. The first kappa shape index (κ1) is 23.6. The van der Waals surface area contributed by atoms with Crippen molar-refractivity contribution < 1.29 is 24.2 Å². The van der Waals surface area contributed by atoms with E-state index in [1.165, 1.54) is 34.7 Å². The number of amides is 1. The second-order valence-electron chi connectivity index (χ2n) is 7.43. The Morgan fingerprint density at radius 1 is 1.21 bits per heavy atom. The van der Waals surface area contributed by atoms with E-state index in [-0.39, 0.29) is 17.3 Å². The summed E-state index contributed by atoms with van der Waals surface area (Å²) in [5.74, 6) is -0.936. The first-order valence-electron chi connectivity index (χ1n) is 10.2. The van der Waals surface area contributed by atoms with Gasteiger partial charge in [-0.05, 0) is 38.5 Å². The molecule has 2 aromatic heterocycles. The van der Waals surface area contributed by atoms with E-state index < -0.39 is 23.5 Å². The Hall–Kier alpha value is -3.57. The summed E-state index contributed by atoms with van der Waals surface area (Å²) in [5, 5.41) is 20.6. The molecule has 1 N–H and O–H groups in total. The zero-order valence-electron chi connectivity index (χ0n) is 19.0. The second kappa shape index (κ2) is 9.35. The molecule has 1 unspecified atom stereocenters. The molecular formula is C23H22N4O5S2. The molecule has 1 aromatic carbocycles. The summed E-state index contributed by atoms with van der Waals surface area (Å²) in [4.78, 5) is 32.8. The van der Waals surface area contributed by atoms with Crippen molar-refractivity contribution in [2.75, 3.05) is 18.6 Å². The van der Waals surface area contributed by atoms with Crippen LogP contribution in [0.2, 0.25) is 0 Å². The van der Waals surface area contributed by atoms with Gasteiger partial charge < -0.3 is 14.6 Å². The minimum absolute atomic E-state index is 0.0496. The summed E-state index contributed by atoms with van der Waals surface area (Å²) in [7, 11) is 1.49. The molecule has 0 bridgehead atoms. The van der Waals surface area contributed by atoms with E-state index >= 15 is 0 Å². The summed E-state index contributed by atoms with van der Waals surface area (Å²) in [5.41, 5.74) is 1.02. The van der Waals surface area contributed by atoms with Gasteiger partial charge in [0.2, 0.25) is 10.9 Å². The Kier molecular flexibility index (Phi) is 6.49. The van der Waals surface area contributed by atoms with Gasteiger partial charge >= 0.3 is 0 Å². The van der Waals surface area contributed by atoms with Gasteiger partial charge in [0.15, 0.2) is 17.3 Å². The Morgan fingerprint density at radius 3 is 2.56 bits per heavy atom. The number of aryl methyl sites for hydroxylation is 3. The SMILES string of the molecule is C=CCOc1ccc(C2C(C(=O)c3sc(C)nc3C)=C(O)C(=O)N2c2nnc(C)s2)cc1OC. The molecule has 0 saturated carbocycles. The molecular weight excluding hydrogens is 476 g/mol. The number of hydrogen-bond donors (Lipinski definition) is 1. The number of hydrogen-bond acceptors (Lipinski definition) is 10. The van der Waals surface area contributed by atoms with E-state index in [0.29, 0.717) is 37.6 Å². The number of ketones is 1. The number of carbonyl (C=O) groups excluding carboxylic acids is 2. The lowest BCUT2D eigenvalue weighted by Crippen LogP contribution is -2.31. The highest BCUT2D eigenvalue weighted by Crippen LogP contribution is 2.45. The van der Waals surface area contributed by atoms with Gasteiger partial charge in [-0.25, -0.2) is 4.98 Å². The average Bonchev–Trinajstić information content (AvgIpc) is 3.47. The van der Waals surface area contributed by atoms with Crippen LogP contribution in [0.3, 0.4) is 0 Å². The maximum atomic E-state index is 13.6. The summed E-state index contributed by atoms with van der Waals surface area (Å²) in [6, 6.07) is 4.13. The molecule has 4 rings (SSSR count). The Balaban J connectivity index is 1.88. The van der Waals surface area contributed by atoms with Crippen molar-refractivity contribution in [3.05, 3.63) is 68.3 Å². The molecule has 0 spiro atoms. The Morgan fingerprint density at radius 2 is 1.97 bits per heavy atom. The number of methoxy groups -OCH3 is 1. The van der Waals surface area contributed by atoms with Crippen LogP contribution in [0.25, 0.3) is 0 Å². The third kappa shape index (κ3) is 4.08. The van der Waals surface area contributed by atoms with Gasteiger partial charge in [0.1, 0.15) is 11.6 Å². The molecule has 9 nitrogen and oxygen atoms in total. The van der Waals surface area contributed by atoms with Crippen molar-refractivity contribution in [2.24, 2.45) is 0 Å². The maximum absolute atomic E-state index is 13.6. The van der Waals surface area contributed by atoms with Gasteiger partial charge in [-0.1, -0.05) is 30.1 Å². The molecule has 1 aliphatic rings. The van der Waals surface area contributed by atoms with Crippen LogP contribution in [0.4, 0.5) is 5.13 Å². The third-order valence-electron chi connectivity index (χ3n) is 5.14. The number of Topliss-reactive ketones (excluding diaryl/α,β-unsaturated/α-hetero) is 1. The van der Waals surface area contributed by atoms with Crippen LogP contribution in [0.1, 0.15) is 37.0 Å². The van der Waals surface area contributed by atoms with Crippen LogP contribution in [-0.2, 0) is 4.79 Å². The molecule has 3 heterocycles. The molecule has 3 aromatic rings. The van der Waals surface area contributed by atoms with Crippen molar-refractivity contribution in [1.82, 2.24) is 15.2 Å². The van der Waals surface area contributed by atoms with Gasteiger partial charge in [0.05, 0.1) is 34.3 Å². The summed E-state index contributed by atoms with van der Waals surface area (Å²) in [6.45, 7) is 9.20. The van der Waals surface area contributed by atoms with Crippen molar-refractivity contribution >= 4 is 39.5 Å². The molecule has 176 valence electrons. The fraction of sp³-hybridized carbons (Fsp3) is 0.261. The van der Waals surface area contributed by atoms with Crippen molar-refractivity contribution in [2.45, 2.75) is 26.8 Å². The van der Waals surface area contributed by atoms with Crippen LogP contribution in [0, 0.1) is 20.8 Å². The summed E-state index contributed by atoms with van der Waals surface area (Å²) >= 11 is 2.40. The van der Waals surface area contributed by atoms with Crippen LogP contribution in [0.15, 0.2) is 42.2 Å². The number of thiazole rings is 1. The first-order valence-corrected chi connectivity index (χ1v) is 11.9. The highest BCUT2D eigenvalue weighted by Gasteiger charge is 2.46. The van der Waals surface area contributed by atoms with E-state index in [9.17, 15) is 14.7 Å². The molecule has 0 saturated heterocycles. The molecule has 0 radical (unpaired) electrons. The number of aliphatic hydroxyl groups excluding tert-OH is 1. The fourth-order valence-corrected chi connectivity index (χ4v) is 5.31. The van der Waals surface area contributed by atoms with Gasteiger partial charge in [0, 0.05) is 0 Å². The normalized spacial score (nSPS) is 15.7. The number of carbonyl (C=O) groups is 2. The number of nitrogens with zero attached hydrogens (tertiary/aromatic N) is 4. The van der Waals surface area contributed by atoms with Gasteiger partial charge in [0.25, 0.3) is 5.91 Å². The summed E-state index contributed by atoms with van der Waals surface area (Å²) in [6.07, 6.45) is 1.61. The minimum atomic E-state index is -0.948. The number of aromatic nitrogens is 3. The lowest BCUT2D eigenvalue weighted by atomic mass is 9.95. The molecule has 11 heteroatoms. The predicted octanol–water partition coefficient (Wildman–Crippen LogP) is 4.28. The van der Waals surface area contributed by atoms with Gasteiger partial charge in [-0.2, -0.15) is 0 Å². The van der Waals surface area contributed by atoms with Crippen molar-refractivity contribution in [3.8, 4) is 11.5 Å². The number of anilines is 1. The molecule has 1 amide bonds. The average molecular weight is 499 g/mol. The molecule has 1 aliphatic heterocycles. The van der Waals surface area contributed by atoms with Crippen molar-refractivity contribution in [1.29, 1.82) is 0 Å². The lowest BCUT2D eigenvalue weighted by molar-refractivity contribution is -0.117. The molecule has 0 aliphatic carbocycles. The molecule has 0 fully saturated rings. The van der Waals surface area contributed by atoms with Gasteiger partial charge in [-0.3, -0.25) is 14.5 Å². The first-order chi connectivity index (χ1) is 16.3. The smallest absolute Gasteiger partial charge is 0.296 e. The largest absolute Gasteiger partial charge is 0.503 e. The standard InChI is InChI=1S/C23H22N4O5S2/c1-6-9-32-15-8-7-14(10-16(15)31-5)18-17(19(28)21-11(2)24-12(3)33-21)20(29)22(30)27(18)23-26-25-13(4)34-23/h6-8,10,18,29H,1,9H2,2-5H3. The maximum Gasteiger partial charge on any atom is 0.296 e. The van der Waals surface area contributed by atoms with Crippen molar-refractivity contribution in [3.63, 3.8) is 0 Å². The number of benzene rings is 1. The second-order valence-corrected chi connectivity index (χ2v) is 9.79. The zero-order valence-corrected chi connectivity index (χ0v) is 20.6. The Bertz CT molecular complexity index is 1330. The van der Waals surface area contributed by atoms with E-state index in [2.05, 4.69) is 21.8 Å². The topological polar surface area (TPSA) is 115 Å². The van der Waals surface area contributed by atoms with E-state index in [0.717, 1.165) is 0 Å². The van der Waals surface area contributed by atoms with Crippen LogP contribution in [0.5, 0.6) is 11.5 Å². The van der Waals surface area contributed by atoms with Crippen LogP contribution in [-0.4, -0.2) is 45.7 Å². The monoisotopic (exact) mass is 498 g/mol. The minimum Gasteiger partial charge on any atom is -0.503 e. The summed E-state index contributed by atoms with van der Waals surface area (Å²) < 4.78 is 11.1. The third-order valence-corrected chi connectivity index (χ3v) is 7.05. The Labute approximate surface area is 204 Å². The quantitative estimate of drug-likeness (QED) is 0.362. The van der Waals surface area contributed by atoms with Crippen LogP contribution < -0.4 is 14.4 Å². The number of ether oxygens (including phenoxy) is 2. The van der Waals surface area contributed by atoms with E-state index in [1.54, 1.807) is 45.0 Å². The van der Waals surface area contributed by atoms with E-state index in [1.807, 2.05) is 0 Å². The predicted molar refractivity (Wildman–Crippen MR) is 129 cm³/mol. The van der Waals surface area contributed by atoms with Gasteiger partial charge in [-0.15, -0.1) is 21.5 Å². The number of aliphatic hydroxyl groups is 1. The highest BCUT2D eigenvalue weighted by molar-refractivity contribution is 7.15. The van der Waals surface area contributed by atoms with E-state index in [4.69, 9.17) is 9.47 Å². The molecule has 1 atom stereocenters. The zero-order chi connectivity index (χ0) is 24.6. The molecule has 34 heavy (non-hydrogen) atoms.